The summed E-state index contributed by atoms with van der Waals surface area (Å²) in [7, 11) is 0. The summed E-state index contributed by atoms with van der Waals surface area (Å²) in [6.07, 6.45) is 4.79. The van der Waals surface area contributed by atoms with Gasteiger partial charge in [-0.05, 0) is 53.5 Å². The SMILES string of the molecule is C=C(C=O)CCC1c2ccccc2CCc2ccccc21. The summed E-state index contributed by atoms with van der Waals surface area (Å²) in [6.45, 7) is 3.82. The second-order valence-corrected chi connectivity index (χ2v) is 5.76. The van der Waals surface area contributed by atoms with E-state index < -0.39 is 0 Å². The van der Waals surface area contributed by atoms with Crippen LogP contribution in [0.3, 0.4) is 0 Å². The van der Waals surface area contributed by atoms with Crippen molar-refractivity contribution in [1.82, 2.24) is 0 Å². The summed E-state index contributed by atoms with van der Waals surface area (Å²) in [6, 6.07) is 17.4. The van der Waals surface area contributed by atoms with E-state index in [9.17, 15) is 4.79 Å². The Bertz CT molecular complexity index is 622. The molecular weight excluding hydrogens is 256 g/mol. The van der Waals surface area contributed by atoms with E-state index in [0.29, 0.717) is 11.5 Å². The van der Waals surface area contributed by atoms with Crippen LogP contribution in [0.5, 0.6) is 0 Å². The van der Waals surface area contributed by atoms with Crippen LogP contribution in [-0.2, 0) is 17.6 Å². The molecule has 1 aliphatic rings. The third kappa shape index (κ3) is 2.82. The molecular formula is C20H20O. The molecule has 0 unspecified atom stereocenters. The standard InChI is InChI=1S/C20H20O/c1-15(14-21)10-13-20-18-8-4-2-6-16(18)11-12-17-7-3-5-9-19(17)20/h2-9,14,20H,1,10-13H2. The highest BCUT2D eigenvalue weighted by atomic mass is 16.1. The fourth-order valence-electron chi connectivity index (χ4n) is 3.34. The van der Waals surface area contributed by atoms with Gasteiger partial charge in [0.1, 0.15) is 6.29 Å². The van der Waals surface area contributed by atoms with Gasteiger partial charge in [0.15, 0.2) is 0 Å². The molecule has 0 aromatic heterocycles. The van der Waals surface area contributed by atoms with Crippen LogP contribution < -0.4 is 0 Å². The van der Waals surface area contributed by atoms with E-state index in [1.54, 1.807) is 0 Å². The number of allylic oxidation sites excluding steroid dienone is 1. The van der Waals surface area contributed by atoms with Gasteiger partial charge >= 0.3 is 0 Å². The summed E-state index contributed by atoms with van der Waals surface area (Å²) in [5, 5.41) is 0. The molecule has 3 rings (SSSR count). The van der Waals surface area contributed by atoms with Gasteiger partial charge in [-0.15, -0.1) is 0 Å². The first-order valence-electron chi connectivity index (χ1n) is 7.58. The van der Waals surface area contributed by atoms with Gasteiger partial charge < -0.3 is 0 Å². The number of hydrogen-bond donors (Lipinski definition) is 0. The lowest BCUT2D eigenvalue weighted by atomic mass is 9.84. The minimum absolute atomic E-state index is 0.372. The molecule has 0 saturated heterocycles. The largest absolute Gasteiger partial charge is 0.298 e. The third-order valence-corrected chi connectivity index (χ3v) is 4.45. The molecule has 0 fully saturated rings. The fourth-order valence-corrected chi connectivity index (χ4v) is 3.34. The first kappa shape index (κ1) is 13.8. The molecule has 0 saturated carbocycles. The van der Waals surface area contributed by atoms with Gasteiger partial charge in [-0.3, -0.25) is 4.79 Å². The van der Waals surface area contributed by atoms with Crippen molar-refractivity contribution < 1.29 is 4.79 Å². The quantitative estimate of drug-likeness (QED) is 0.595. The first-order chi connectivity index (χ1) is 10.3. The smallest absolute Gasteiger partial charge is 0.145 e. The van der Waals surface area contributed by atoms with Crippen molar-refractivity contribution in [1.29, 1.82) is 0 Å². The summed E-state index contributed by atoms with van der Waals surface area (Å²) in [4.78, 5) is 10.8. The Morgan fingerprint density at radius 2 is 1.52 bits per heavy atom. The molecule has 0 N–H and O–H groups in total. The van der Waals surface area contributed by atoms with Crippen molar-refractivity contribution in [2.45, 2.75) is 31.6 Å². The molecule has 21 heavy (non-hydrogen) atoms. The summed E-state index contributed by atoms with van der Waals surface area (Å²) < 4.78 is 0. The van der Waals surface area contributed by atoms with Crippen molar-refractivity contribution in [3.63, 3.8) is 0 Å². The number of carbonyl (C=O) groups excluding carboxylic acids is 1. The van der Waals surface area contributed by atoms with Crippen molar-refractivity contribution in [3.05, 3.63) is 82.9 Å². The molecule has 1 aliphatic carbocycles. The monoisotopic (exact) mass is 276 g/mol. The zero-order valence-corrected chi connectivity index (χ0v) is 12.2. The van der Waals surface area contributed by atoms with Crippen LogP contribution in [0.15, 0.2) is 60.7 Å². The van der Waals surface area contributed by atoms with Crippen LogP contribution in [0.25, 0.3) is 0 Å². The number of aldehydes is 1. The number of rotatable bonds is 4. The lowest BCUT2D eigenvalue weighted by molar-refractivity contribution is -0.105. The Labute approximate surface area is 126 Å². The lowest BCUT2D eigenvalue weighted by Gasteiger charge is -2.20. The zero-order chi connectivity index (χ0) is 14.7. The van der Waals surface area contributed by atoms with Gasteiger partial charge in [0, 0.05) is 5.92 Å². The zero-order valence-electron chi connectivity index (χ0n) is 12.2. The van der Waals surface area contributed by atoms with Crippen LogP contribution >= 0.6 is 0 Å². The van der Waals surface area contributed by atoms with E-state index in [1.807, 2.05) is 0 Å². The van der Waals surface area contributed by atoms with Crippen LogP contribution in [0.4, 0.5) is 0 Å². The molecule has 0 atom stereocenters. The summed E-state index contributed by atoms with van der Waals surface area (Å²) in [5.74, 6) is 0.372. The van der Waals surface area contributed by atoms with Crippen molar-refractivity contribution >= 4 is 6.29 Å². The molecule has 2 aromatic rings. The van der Waals surface area contributed by atoms with E-state index in [-0.39, 0.29) is 0 Å². The number of fused-ring (bicyclic) bond motifs is 2. The van der Waals surface area contributed by atoms with Gasteiger partial charge in [0.05, 0.1) is 0 Å². The van der Waals surface area contributed by atoms with Crippen LogP contribution in [-0.4, -0.2) is 6.29 Å². The molecule has 1 heteroatoms. The Morgan fingerprint density at radius 3 is 2.05 bits per heavy atom. The van der Waals surface area contributed by atoms with Crippen LogP contribution in [0.1, 0.15) is 41.0 Å². The summed E-state index contributed by atoms with van der Waals surface area (Å²) in [5.41, 5.74) is 6.40. The number of carbonyl (C=O) groups is 1. The average Bonchev–Trinajstić information content (AvgIpc) is 2.69. The van der Waals surface area contributed by atoms with Crippen LogP contribution in [0.2, 0.25) is 0 Å². The topological polar surface area (TPSA) is 17.1 Å². The van der Waals surface area contributed by atoms with Crippen LogP contribution in [0, 0.1) is 0 Å². The molecule has 0 heterocycles. The lowest BCUT2D eigenvalue weighted by Crippen LogP contribution is -2.04. The minimum atomic E-state index is 0.372. The highest BCUT2D eigenvalue weighted by Crippen LogP contribution is 2.37. The average molecular weight is 276 g/mol. The van der Waals surface area contributed by atoms with Gasteiger partial charge in [-0.2, -0.15) is 0 Å². The second-order valence-electron chi connectivity index (χ2n) is 5.76. The molecule has 0 spiro atoms. The number of hydrogen-bond acceptors (Lipinski definition) is 1. The molecule has 0 aliphatic heterocycles. The highest BCUT2D eigenvalue weighted by molar-refractivity contribution is 5.71. The molecule has 2 aromatic carbocycles. The predicted molar refractivity (Wildman–Crippen MR) is 86.6 cm³/mol. The van der Waals surface area contributed by atoms with Gasteiger partial charge in [-0.25, -0.2) is 0 Å². The molecule has 1 nitrogen and oxygen atoms in total. The van der Waals surface area contributed by atoms with E-state index in [1.165, 1.54) is 22.3 Å². The Hall–Kier alpha value is -2.15. The van der Waals surface area contributed by atoms with Gasteiger partial charge in [0.25, 0.3) is 0 Å². The van der Waals surface area contributed by atoms with Crippen molar-refractivity contribution in [2.24, 2.45) is 0 Å². The molecule has 0 bridgehead atoms. The van der Waals surface area contributed by atoms with E-state index in [0.717, 1.165) is 32.0 Å². The van der Waals surface area contributed by atoms with Gasteiger partial charge in [-0.1, -0.05) is 55.1 Å². The van der Waals surface area contributed by atoms with Crippen molar-refractivity contribution in [2.75, 3.05) is 0 Å². The second kappa shape index (κ2) is 6.09. The maximum absolute atomic E-state index is 10.8. The van der Waals surface area contributed by atoms with Gasteiger partial charge in [0.2, 0.25) is 0 Å². The molecule has 106 valence electrons. The minimum Gasteiger partial charge on any atom is -0.298 e. The Kier molecular flexibility index (Phi) is 4.01. The number of benzene rings is 2. The molecule has 0 radical (unpaired) electrons. The summed E-state index contributed by atoms with van der Waals surface area (Å²) >= 11 is 0. The predicted octanol–water partition coefficient (Wildman–Crippen LogP) is 4.45. The third-order valence-electron chi connectivity index (χ3n) is 4.45. The maximum Gasteiger partial charge on any atom is 0.145 e. The Balaban J connectivity index is 2.02. The van der Waals surface area contributed by atoms with E-state index in [2.05, 4.69) is 55.1 Å². The number of aryl methyl sites for hydroxylation is 2. The molecule has 0 amide bonds. The highest BCUT2D eigenvalue weighted by Gasteiger charge is 2.22. The normalized spacial score (nSPS) is 13.9. The fraction of sp³-hybridized carbons (Fsp3) is 0.250. The van der Waals surface area contributed by atoms with Crippen molar-refractivity contribution in [3.8, 4) is 0 Å². The Morgan fingerprint density at radius 1 is 1.00 bits per heavy atom. The maximum atomic E-state index is 10.8. The first-order valence-corrected chi connectivity index (χ1v) is 7.58. The van der Waals surface area contributed by atoms with E-state index in [4.69, 9.17) is 0 Å². The van der Waals surface area contributed by atoms with E-state index >= 15 is 0 Å².